The molecule has 1 heterocycles. The average Bonchev–Trinajstić information content (AvgIpc) is 3.27. The highest BCUT2D eigenvalue weighted by Gasteiger charge is 2.26. The number of nitrogens with one attached hydrogen (secondary N) is 3. The molecule has 1 aromatic heterocycles. The maximum atomic E-state index is 13.1. The third kappa shape index (κ3) is 5.93. The van der Waals surface area contributed by atoms with Gasteiger partial charge in [0.05, 0.1) is 10.6 Å². The molecule has 184 valence electrons. The maximum absolute atomic E-state index is 13.1. The van der Waals surface area contributed by atoms with Gasteiger partial charge in [-0.2, -0.15) is 0 Å². The fourth-order valence-electron chi connectivity index (χ4n) is 3.89. The van der Waals surface area contributed by atoms with E-state index in [0.29, 0.717) is 5.69 Å². The lowest BCUT2D eigenvalue weighted by atomic mass is 10.0. The zero-order valence-electron chi connectivity index (χ0n) is 19.9. The molecule has 0 fully saturated rings. The van der Waals surface area contributed by atoms with Crippen molar-refractivity contribution in [3.8, 4) is 0 Å². The van der Waals surface area contributed by atoms with E-state index in [1.165, 1.54) is 0 Å². The van der Waals surface area contributed by atoms with E-state index in [4.69, 9.17) is 16.3 Å². The van der Waals surface area contributed by atoms with Crippen molar-refractivity contribution in [3.05, 3.63) is 100 Å². The van der Waals surface area contributed by atoms with Gasteiger partial charge in [0, 0.05) is 29.2 Å². The minimum absolute atomic E-state index is 0.164. The van der Waals surface area contributed by atoms with Crippen molar-refractivity contribution in [1.29, 1.82) is 0 Å². The Morgan fingerprint density at radius 2 is 1.75 bits per heavy atom. The maximum Gasteiger partial charge on any atom is 0.329 e. The number of ether oxygens (including phenoxy) is 1. The van der Waals surface area contributed by atoms with E-state index in [0.717, 1.165) is 27.6 Å². The smallest absolute Gasteiger partial charge is 0.329 e. The Labute approximate surface area is 213 Å². The van der Waals surface area contributed by atoms with E-state index in [1.54, 1.807) is 30.5 Å². The number of H-pyrrole nitrogens is 1. The number of carbonyl (C=O) groups is 3. The number of anilines is 1. The molecule has 0 bridgehead atoms. The van der Waals surface area contributed by atoms with Crippen LogP contribution < -0.4 is 10.6 Å². The van der Waals surface area contributed by atoms with Gasteiger partial charge in [-0.05, 0) is 54.8 Å². The molecule has 0 aliphatic heterocycles. The molecule has 36 heavy (non-hydrogen) atoms. The Hall–Kier alpha value is -4.10. The van der Waals surface area contributed by atoms with Gasteiger partial charge in [-0.15, -0.1) is 0 Å². The second-order valence-corrected chi connectivity index (χ2v) is 8.95. The van der Waals surface area contributed by atoms with E-state index < -0.39 is 30.4 Å². The quantitative estimate of drug-likeness (QED) is 0.296. The third-order valence-corrected chi connectivity index (χ3v) is 6.15. The van der Waals surface area contributed by atoms with Crippen LogP contribution in [0.4, 0.5) is 5.69 Å². The van der Waals surface area contributed by atoms with Crippen LogP contribution in [-0.2, 0) is 20.7 Å². The first kappa shape index (κ1) is 25.0. The van der Waals surface area contributed by atoms with E-state index >= 15 is 0 Å². The lowest BCUT2D eigenvalue weighted by Gasteiger charge is -2.18. The van der Waals surface area contributed by atoms with Gasteiger partial charge in [-0.25, -0.2) is 4.79 Å². The van der Waals surface area contributed by atoms with Gasteiger partial charge in [0.15, 0.2) is 6.61 Å². The fourth-order valence-corrected chi connectivity index (χ4v) is 4.11. The van der Waals surface area contributed by atoms with Crippen LogP contribution in [0.1, 0.15) is 27.0 Å². The highest BCUT2D eigenvalue weighted by atomic mass is 35.5. The van der Waals surface area contributed by atoms with Gasteiger partial charge in [-0.3, -0.25) is 9.59 Å². The predicted octanol–water partition coefficient (Wildman–Crippen LogP) is 4.96. The van der Waals surface area contributed by atoms with E-state index in [2.05, 4.69) is 15.6 Å². The molecule has 0 saturated heterocycles. The first-order valence-electron chi connectivity index (χ1n) is 11.5. The summed E-state index contributed by atoms with van der Waals surface area (Å²) in [5.41, 5.74) is 4.51. The summed E-state index contributed by atoms with van der Waals surface area (Å²) in [5.74, 6) is -1.71. The number of amides is 2. The first-order valence-corrected chi connectivity index (χ1v) is 11.8. The molecule has 8 heteroatoms. The van der Waals surface area contributed by atoms with Crippen LogP contribution >= 0.6 is 11.6 Å². The van der Waals surface area contributed by atoms with Crippen LogP contribution in [0.2, 0.25) is 5.02 Å². The fraction of sp³-hybridized carbons (Fsp3) is 0.179. The number of aromatic nitrogens is 1. The molecule has 0 radical (unpaired) electrons. The number of aromatic amines is 1. The number of para-hydroxylation sites is 1. The first-order chi connectivity index (χ1) is 17.3. The Balaban J connectivity index is 1.49. The Morgan fingerprint density at radius 1 is 1.00 bits per heavy atom. The van der Waals surface area contributed by atoms with Gasteiger partial charge in [0.25, 0.3) is 11.8 Å². The highest BCUT2D eigenvalue weighted by molar-refractivity contribution is 6.33. The Morgan fingerprint density at radius 3 is 2.56 bits per heavy atom. The zero-order valence-corrected chi connectivity index (χ0v) is 20.7. The van der Waals surface area contributed by atoms with Crippen molar-refractivity contribution >= 4 is 46.0 Å². The number of esters is 1. The summed E-state index contributed by atoms with van der Waals surface area (Å²) in [6, 6.07) is 18.9. The van der Waals surface area contributed by atoms with Crippen LogP contribution in [0.5, 0.6) is 0 Å². The molecule has 0 aliphatic carbocycles. The predicted molar refractivity (Wildman–Crippen MR) is 140 cm³/mol. The summed E-state index contributed by atoms with van der Waals surface area (Å²) in [7, 11) is 0. The van der Waals surface area contributed by atoms with Crippen molar-refractivity contribution in [2.24, 2.45) is 0 Å². The molecule has 4 rings (SSSR count). The van der Waals surface area contributed by atoms with E-state index in [9.17, 15) is 14.4 Å². The van der Waals surface area contributed by atoms with Crippen molar-refractivity contribution in [2.45, 2.75) is 26.3 Å². The largest absolute Gasteiger partial charge is 0.454 e. The second-order valence-electron chi connectivity index (χ2n) is 8.54. The molecule has 3 N–H and O–H groups in total. The minimum atomic E-state index is -1.04. The monoisotopic (exact) mass is 503 g/mol. The van der Waals surface area contributed by atoms with Crippen LogP contribution in [0, 0.1) is 13.8 Å². The average molecular weight is 504 g/mol. The number of hydrogen-bond donors (Lipinski definition) is 3. The van der Waals surface area contributed by atoms with Crippen molar-refractivity contribution in [2.75, 3.05) is 11.9 Å². The molecule has 0 saturated carbocycles. The van der Waals surface area contributed by atoms with Crippen molar-refractivity contribution in [1.82, 2.24) is 10.3 Å². The lowest BCUT2D eigenvalue weighted by Crippen LogP contribution is -2.44. The molecule has 7 nitrogen and oxygen atoms in total. The topological polar surface area (TPSA) is 100 Å². The number of halogens is 1. The summed E-state index contributed by atoms with van der Waals surface area (Å²) < 4.78 is 5.33. The Bertz CT molecular complexity index is 1430. The number of hydrogen-bond acceptors (Lipinski definition) is 4. The summed E-state index contributed by atoms with van der Waals surface area (Å²) in [5, 5.41) is 6.68. The van der Waals surface area contributed by atoms with Gasteiger partial charge >= 0.3 is 5.97 Å². The van der Waals surface area contributed by atoms with Gasteiger partial charge in [0.2, 0.25) is 0 Å². The van der Waals surface area contributed by atoms with E-state index in [-0.39, 0.29) is 17.0 Å². The second kappa shape index (κ2) is 11.1. The van der Waals surface area contributed by atoms with Crippen molar-refractivity contribution < 1.29 is 19.1 Å². The summed E-state index contributed by atoms with van der Waals surface area (Å²) in [6.45, 7) is 3.31. The molecular formula is C28H26ClN3O4. The normalized spacial score (nSPS) is 11.6. The molecule has 2 amide bonds. The molecule has 1 atom stereocenters. The molecular weight excluding hydrogens is 478 g/mol. The number of aryl methyl sites for hydroxylation is 2. The molecule has 3 aromatic carbocycles. The minimum Gasteiger partial charge on any atom is -0.454 e. The number of rotatable bonds is 8. The zero-order chi connectivity index (χ0) is 25.7. The van der Waals surface area contributed by atoms with Gasteiger partial charge in [0.1, 0.15) is 6.04 Å². The van der Waals surface area contributed by atoms with Crippen LogP contribution in [-0.4, -0.2) is 35.4 Å². The molecule has 4 aromatic rings. The lowest BCUT2D eigenvalue weighted by molar-refractivity contribution is -0.149. The summed E-state index contributed by atoms with van der Waals surface area (Å²) >= 11 is 6.17. The van der Waals surface area contributed by atoms with Crippen LogP contribution in [0.25, 0.3) is 10.9 Å². The SMILES string of the molecule is Cc1ccc(C)c(NC(=O)COC(=O)C(Cc2c[nH]c3ccccc23)NC(=O)c2ccccc2Cl)c1. The molecule has 1 unspecified atom stereocenters. The molecule has 0 aliphatic rings. The summed E-state index contributed by atoms with van der Waals surface area (Å²) in [6.07, 6.45) is 1.96. The van der Waals surface area contributed by atoms with Gasteiger partial charge in [-0.1, -0.05) is 54.1 Å². The van der Waals surface area contributed by atoms with Crippen molar-refractivity contribution in [3.63, 3.8) is 0 Å². The molecule has 0 spiro atoms. The Kier molecular flexibility index (Phi) is 7.71. The summed E-state index contributed by atoms with van der Waals surface area (Å²) in [4.78, 5) is 41.7. The number of fused-ring (bicyclic) bond motifs is 1. The number of benzene rings is 3. The van der Waals surface area contributed by atoms with Crippen LogP contribution in [0.3, 0.4) is 0 Å². The van der Waals surface area contributed by atoms with Crippen LogP contribution in [0.15, 0.2) is 72.9 Å². The van der Waals surface area contributed by atoms with E-state index in [1.807, 2.05) is 56.3 Å². The highest BCUT2D eigenvalue weighted by Crippen LogP contribution is 2.21. The third-order valence-electron chi connectivity index (χ3n) is 5.82. The number of carbonyl (C=O) groups excluding carboxylic acids is 3. The van der Waals surface area contributed by atoms with Gasteiger partial charge < -0.3 is 20.4 Å². The standard InChI is InChI=1S/C28H26ClN3O4/c1-17-11-12-18(2)24(13-17)31-26(33)16-36-28(35)25(32-27(34)21-8-3-5-9-22(21)29)14-19-15-30-23-10-6-4-7-20(19)23/h3-13,15,25,30H,14,16H2,1-2H3,(H,31,33)(H,32,34).